The van der Waals surface area contributed by atoms with Gasteiger partial charge in [0, 0.05) is 23.3 Å². The molecule has 128 valence electrons. The second kappa shape index (κ2) is 5.36. The maximum Gasteiger partial charge on any atom is 0.269 e. The predicted molar refractivity (Wildman–Crippen MR) is 97.6 cm³/mol. The fourth-order valence-electron chi connectivity index (χ4n) is 3.39. The number of amides is 2. The van der Waals surface area contributed by atoms with Gasteiger partial charge in [-0.2, -0.15) is 0 Å². The van der Waals surface area contributed by atoms with Crippen molar-refractivity contribution in [3.05, 3.63) is 51.4 Å². The molecule has 0 bridgehead atoms. The van der Waals surface area contributed by atoms with Crippen molar-refractivity contribution in [1.82, 2.24) is 0 Å². The van der Waals surface area contributed by atoms with Gasteiger partial charge >= 0.3 is 0 Å². The molecule has 1 aromatic heterocycles. The number of nitrogens with zero attached hydrogens (tertiary/aromatic N) is 1. The molecule has 0 saturated carbocycles. The average molecular weight is 353 g/mol. The van der Waals surface area contributed by atoms with Crippen LogP contribution in [-0.4, -0.2) is 17.6 Å². The summed E-state index contributed by atoms with van der Waals surface area (Å²) < 4.78 is 0. The molecule has 0 fully saturated rings. The molecule has 0 radical (unpaired) electrons. The summed E-state index contributed by atoms with van der Waals surface area (Å²) in [6.07, 6.45) is 1.50. The third-order valence-corrected chi connectivity index (χ3v) is 6.12. The number of anilines is 1. The summed E-state index contributed by atoms with van der Waals surface area (Å²) in [5.41, 5.74) is 3.31. The van der Waals surface area contributed by atoms with Crippen LogP contribution in [0.15, 0.2) is 24.3 Å². The van der Waals surface area contributed by atoms with E-state index in [-0.39, 0.29) is 23.0 Å². The highest BCUT2D eigenvalue weighted by Gasteiger charge is 2.44. The maximum atomic E-state index is 12.8. The molecule has 0 atom stereocenters. The minimum absolute atomic E-state index is 0.0145. The standard InChI is InChI=1S/C20H19NO3S/c1-20(2,3)12-6-4-11(5-7-12)17(23)21-18(24)16-14-9-8-13(22)10-15(14)25-19(16)21/h4-7H,8-10H2,1-3H3. The Morgan fingerprint density at radius 2 is 1.76 bits per heavy atom. The first-order valence-corrected chi connectivity index (χ1v) is 9.24. The van der Waals surface area contributed by atoms with E-state index in [2.05, 4.69) is 20.8 Å². The van der Waals surface area contributed by atoms with Crippen LogP contribution in [0.2, 0.25) is 0 Å². The highest BCUT2D eigenvalue weighted by Crippen LogP contribution is 2.47. The zero-order valence-electron chi connectivity index (χ0n) is 14.5. The molecule has 2 aliphatic rings. The lowest BCUT2D eigenvalue weighted by molar-refractivity contribution is -0.118. The monoisotopic (exact) mass is 353 g/mol. The average Bonchev–Trinajstić information content (AvgIpc) is 2.87. The first-order valence-electron chi connectivity index (χ1n) is 8.43. The van der Waals surface area contributed by atoms with E-state index in [0.717, 1.165) is 16.0 Å². The summed E-state index contributed by atoms with van der Waals surface area (Å²) in [6.45, 7) is 6.35. The van der Waals surface area contributed by atoms with Crippen LogP contribution in [0.4, 0.5) is 5.00 Å². The molecule has 1 aromatic carbocycles. The SMILES string of the molecule is CC(C)(C)c1ccc(C(=O)N2C(=O)c3c2sc2c3CCC(=O)C2)cc1. The zero-order chi connectivity index (χ0) is 17.9. The Labute approximate surface area is 150 Å². The van der Waals surface area contributed by atoms with Crippen LogP contribution in [0.3, 0.4) is 0 Å². The molecule has 0 saturated heterocycles. The fraction of sp³-hybridized carbons (Fsp3) is 0.350. The van der Waals surface area contributed by atoms with Crippen molar-refractivity contribution in [2.45, 2.75) is 45.4 Å². The van der Waals surface area contributed by atoms with Gasteiger partial charge in [0.1, 0.15) is 10.8 Å². The number of fused-ring (bicyclic) bond motifs is 3. The van der Waals surface area contributed by atoms with Crippen LogP contribution < -0.4 is 4.90 Å². The topological polar surface area (TPSA) is 54.5 Å². The molecule has 1 aliphatic carbocycles. The van der Waals surface area contributed by atoms with Gasteiger partial charge in [-0.25, -0.2) is 4.90 Å². The second-order valence-corrected chi connectivity index (χ2v) is 8.76. The van der Waals surface area contributed by atoms with Crippen LogP contribution >= 0.6 is 11.3 Å². The van der Waals surface area contributed by atoms with E-state index >= 15 is 0 Å². The third-order valence-electron chi connectivity index (χ3n) is 4.90. The van der Waals surface area contributed by atoms with E-state index in [0.29, 0.717) is 35.4 Å². The van der Waals surface area contributed by atoms with Gasteiger partial charge in [-0.1, -0.05) is 32.9 Å². The lowest BCUT2D eigenvalue weighted by Gasteiger charge is -2.29. The van der Waals surface area contributed by atoms with Gasteiger partial charge < -0.3 is 0 Å². The van der Waals surface area contributed by atoms with Gasteiger partial charge in [0.25, 0.3) is 11.8 Å². The zero-order valence-corrected chi connectivity index (χ0v) is 15.3. The van der Waals surface area contributed by atoms with E-state index in [9.17, 15) is 14.4 Å². The van der Waals surface area contributed by atoms with E-state index in [4.69, 9.17) is 0 Å². The minimum Gasteiger partial charge on any atom is -0.299 e. The van der Waals surface area contributed by atoms with Crippen molar-refractivity contribution in [2.24, 2.45) is 0 Å². The second-order valence-electron chi connectivity index (χ2n) is 7.67. The van der Waals surface area contributed by atoms with Gasteiger partial charge in [0.05, 0.1) is 5.56 Å². The van der Waals surface area contributed by atoms with Crippen LogP contribution in [0.1, 0.15) is 63.9 Å². The smallest absolute Gasteiger partial charge is 0.269 e. The molecule has 4 rings (SSSR count). The number of benzene rings is 1. The molecule has 5 heteroatoms. The number of imide groups is 1. The summed E-state index contributed by atoms with van der Waals surface area (Å²) >= 11 is 1.41. The fourth-order valence-corrected chi connectivity index (χ4v) is 4.76. The molecule has 2 heterocycles. The van der Waals surface area contributed by atoms with E-state index in [1.807, 2.05) is 12.1 Å². The number of hydrogen-bond donors (Lipinski definition) is 0. The summed E-state index contributed by atoms with van der Waals surface area (Å²) in [5, 5.41) is 0.703. The lowest BCUT2D eigenvalue weighted by Crippen LogP contribution is -2.44. The van der Waals surface area contributed by atoms with Crippen molar-refractivity contribution >= 4 is 33.9 Å². The lowest BCUT2D eigenvalue weighted by atomic mass is 9.86. The molecule has 2 aromatic rings. The molecular weight excluding hydrogens is 334 g/mol. The molecule has 0 N–H and O–H groups in total. The van der Waals surface area contributed by atoms with Gasteiger partial charge in [0.2, 0.25) is 0 Å². The first-order chi connectivity index (χ1) is 11.8. The quantitative estimate of drug-likeness (QED) is 0.731. The Hall–Kier alpha value is -2.27. The Morgan fingerprint density at radius 1 is 1.08 bits per heavy atom. The Balaban J connectivity index is 1.64. The Morgan fingerprint density at radius 3 is 2.40 bits per heavy atom. The number of carbonyl (C=O) groups is 3. The number of rotatable bonds is 1. The van der Waals surface area contributed by atoms with Crippen LogP contribution in [0.5, 0.6) is 0 Å². The normalized spacial score (nSPS) is 16.4. The molecule has 2 amide bonds. The number of hydrogen-bond acceptors (Lipinski definition) is 4. The highest BCUT2D eigenvalue weighted by atomic mass is 32.1. The number of ketones is 1. The Bertz CT molecular complexity index is 916. The summed E-state index contributed by atoms with van der Waals surface area (Å²) in [6, 6.07) is 7.45. The molecule has 1 aliphatic heterocycles. The van der Waals surface area contributed by atoms with Gasteiger partial charge in [0.15, 0.2) is 0 Å². The molecule has 0 spiro atoms. The maximum absolute atomic E-state index is 12.8. The summed E-state index contributed by atoms with van der Waals surface area (Å²) in [7, 11) is 0. The van der Waals surface area contributed by atoms with E-state index < -0.39 is 0 Å². The first kappa shape index (κ1) is 16.2. The number of Topliss-reactive ketones (excluding diaryl/α,β-unsaturated/α-hetero) is 1. The number of carbonyl (C=O) groups excluding carboxylic acids is 3. The Kier molecular flexibility index (Phi) is 3.48. The summed E-state index contributed by atoms with van der Waals surface area (Å²) in [5.74, 6) is -0.313. The van der Waals surface area contributed by atoms with Gasteiger partial charge in [-0.15, -0.1) is 11.3 Å². The minimum atomic E-state index is -0.289. The summed E-state index contributed by atoms with van der Waals surface area (Å²) in [4.78, 5) is 39.2. The van der Waals surface area contributed by atoms with Crippen molar-refractivity contribution in [3.8, 4) is 0 Å². The van der Waals surface area contributed by atoms with Crippen LogP contribution in [-0.2, 0) is 23.1 Å². The van der Waals surface area contributed by atoms with Gasteiger partial charge in [-0.3, -0.25) is 14.4 Å². The van der Waals surface area contributed by atoms with E-state index in [1.54, 1.807) is 12.1 Å². The van der Waals surface area contributed by atoms with Crippen molar-refractivity contribution in [1.29, 1.82) is 0 Å². The predicted octanol–water partition coefficient (Wildman–Crippen LogP) is 3.90. The van der Waals surface area contributed by atoms with Crippen LogP contribution in [0.25, 0.3) is 0 Å². The number of thiophene rings is 1. The molecular formula is C20H19NO3S. The van der Waals surface area contributed by atoms with E-state index in [1.165, 1.54) is 16.2 Å². The van der Waals surface area contributed by atoms with Crippen molar-refractivity contribution in [3.63, 3.8) is 0 Å². The van der Waals surface area contributed by atoms with Crippen molar-refractivity contribution in [2.75, 3.05) is 4.90 Å². The largest absolute Gasteiger partial charge is 0.299 e. The van der Waals surface area contributed by atoms with Crippen molar-refractivity contribution < 1.29 is 14.4 Å². The highest BCUT2D eigenvalue weighted by molar-refractivity contribution is 7.18. The molecule has 4 nitrogen and oxygen atoms in total. The third kappa shape index (κ3) is 2.45. The molecule has 25 heavy (non-hydrogen) atoms. The van der Waals surface area contributed by atoms with Gasteiger partial charge in [-0.05, 0) is 35.1 Å². The molecule has 0 unspecified atom stereocenters. The van der Waals surface area contributed by atoms with Crippen LogP contribution in [0, 0.1) is 0 Å².